The van der Waals surface area contributed by atoms with Gasteiger partial charge in [0.1, 0.15) is 0 Å². The summed E-state index contributed by atoms with van der Waals surface area (Å²) in [7, 11) is 0. The third-order valence-electron chi connectivity index (χ3n) is 1.03. The minimum Gasteiger partial charge on any atom is -0.364 e. The Labute approximate surface area is 56.2 Å². The zero-order valence-electron chi connectivity index (χ0n) is 4.91. The molecule has 1 saturated heterocycles. The molecule has 0 spiro atoms. The number of rotatable bonds is 1. The van der Waals surface area contributed by atoms with Gasteiger partial charge in [-0.25, -0.2) is 0 Å². The smallest absolute Gasteiger partial charge is 0.214 e. The van der Waals surface area contributed by atoms with Gasteiger partial charge >= 0.3 is 0 Å². The summed E-state index contributed by atoms with van der Waals surface area (Å²) in [6.07, 6.45) is -6.24. The summed E-state index contributed by atoms with van der Waals surface area (Å²) in [5.74, 6) is 0. The van der Waals surface area contributed by atoms with Crippen molar-refractivity contribution in [2.75, 3.05) is 0 Å². The van der Waals surface area contributed by atoms with Crippen LogP contribution in [0.4, 0.5) is 0 Å². The molecule has 0 aromatic rings. The molecule has 0 aliphatic carbocycles. The highest BCUT2D eigenvalue weighted by Gasteiger charge is 2.36. The molecule has 0 bridgehead atoms. The van der Waals surface area contributed by atoms with Crippen LogP contribution in [0.1, 0.15) is 0 Å². The average molecular weight is 152 g/mol. The second-order valence-electron chi connectivity index (χ2n) is 1.84. The van der Waals surface area contributed by atoms with E-state index in [2.05, 4.69) is 9.47 Å². The molecule has 1 aliphatic rings. The van der Waals surface area contributed by atoms with Gasteiger partial charge in [-0.2, -0.15) is 0 Å². The Morgan fingerprint density at radius 3 is 1.60 bits per heavy atom. The minimum atomic E-state index is -1.85. The first-order valence-electron chi connectivity index (χ1n) is 2.64. The second kappa shape index (κ2) is 2.79. The molecule has 1 heterocycles. The largest absolute Gasteiger partial charge is 0.364 e. The van der Waals surface area contributed by atoms with Gasteiger partial charge in [-0.1, -0.05) is 0 Å². The summed E-state index contributed by atoms with van der Waals surface area (Å²) < 4.78 is 8.64. The molecule has 60 valence electrons. The fourth-order valence-electron chi connectivity index (χ4n) is 0.582. The molecule has 0 aromatic carbocycles. The lowest BCUT2D eigenvalue weighted by molar-refractivity contribution is -0.232. The van der Waals surface area contributed by atoms with E-state index < -0.39 is 25.2 Å². The first kappa shape index (κ1) is 7.86. The number of aliphatic hydroxyl groups is 4. The van der Waals surface area contributed by atoms with Crippen molar-refractivity contribution in [3.8, 4) is 0 Å². The van der Waals surface area contributed by atoms with Gasteiger partial charge in [-0.3, -0.25) is 0 Å². The second-order valence-corrected chi connectivity index (χ2v) is 1.84. The first-order chi connectivity index (χ1) is 4.61. The maximum atomic E-state index is 8.60. The molecule has 6 heteroatoms. The standard InChI is InChI=1S/C4H8O6/c5-1(6)4-9-2(7)3(8)10-4/h1-8H. The van der Waals surface area contributed by atoms with Crippen molar-refractivity contribution in [3.63, 3.8) is 0 Å². The van der Waals surface area contributed by atoms with Gasteiger partial charge in [0.05, 0.1) is 0 Å². The zero-order valence-corrected chi connectivity index (χ0v) is 4.91. The maximum absolute atomic E-state index is 8.60. The van der Waals surface area contributed by atoms with Crippen LogP contribution in [0, 0.1) is 0 Å². The maximum Gasteiger partial charge on any atom is 0.214 e. The van der Waals surface area contributed by atoms with Crippen LogP contribution in [0.15, 0.2) is 0 Å². The molecule has 2 atom stereocenters. The van der Waals surface area contributed by atoms with Crippen LogP contribution in [0.5, 0.6) is 0 Å². The van der Waals surface area contributed by atoms with Gasteiger partial charge in [0.25, 0.3) is 0 Å². The molecule has 1 rings (SSSR count). The molecule has 10 heavy (non-hydrogen) atoms. The summed E-state index contributed by atoms with van der Waals surface area (Å²) in [6.45, 7) is 0. The Kier molecular flexibility index (Phi) is 2.19. The van der Waals surface area contributed by atoms with Crippen LogP contribution in [-0.4, -0.2) is 45.6 Å². The van der Waals surface area contributed by atoms with E-state index in [1.165, 1.54) is 0 Å². The van der Waals surface area contributed by atoms with Crippen LogP contribution in [-0.2, 0) is 9.47 Å². The summed E-state index contributed by atoms with van der Waals surface area (Å²) in [5.41, 5.74) is 0. The number of hydrogen-bond acceptors (Lipinski definition) is 6. The van der Waals surface area contributed by atoms with Crippen LogP contribution in [0.25, 0.3) is 0 Å². The van der Waals surface area contributed by atoms with Crippen molar-refractivity contribution in [2.24, 2.45) is 0 Å². The van der Waals surface area contributed by atoms with Crippen LogP contribution in [0.2, 0.25) is 0 Å². The molecule has 0 aromatic heterocycles. The fraction of sp³-hybridized carbons (Fsp3) is 1.00. The molecular weight excluding hydrogens is 144 g/mol. The van der Waals surface area contributed by atoms with Gasteiger partial charge < -0.3 is 29.9 Å². The van der Waals surface area contributed by atoms with E-state index in [-0.39, 0.29) is 0 Å². The molecular formula is C4H8O6. The highest BCUT2D eigenvalue weighted by Crippen LogP contribution is 2.16. The summed E-state index contributed by atoms with van der Waals surface area (Å²) in [5, 5.41) is 33.9. The Morgan fingerprint density at radius 2 is 1.40 bits per heavy atom. The Hall–Kier alpha value is -0.240. The van der Waals surface area contributed by atoms with E-state index in [1.54, 1.807) is 0 Å². The normalized spacial score (nSPS) is 41.1. The Morgan fingerprint density at radius 1 is 1.00 bits per heavy atom. The van der Waals surface area contributed by atoms with Gasteiger partial charge in [-0.05, 0) is 0 Å². The van der Waals surface area contributed by atoms with E-state index in [0.29, 0.717) is 0 Å². The van der Waals surface area contributed by atoms with Gasteiger partial charge in [0, 0.05) is 0 Å². The Balaban J connectivity index is 2.41. The Bertz CT molecular complexity index is 104. The van der Waals surface area contributed by atoms with Crippen molar-refractivity contribution in [2.45, 2.75) is 25.2 Å². The van der Waals surface area contributed by atoms with E-state index in [1.807, 2.05) is 0 Å². The molecule has 0 amide bonds. The summed E-state index contributed by atoms with van der Waals surface area (Å²) >= 11 is 0. The fourth-order valence-corrected chi connectivity index (χ4v) is 0.582. The van der Waals surface area contributed by atoms with Gasteiger partial charge in [0.15, 0.2) is 0 Å². The molecule has 0 saturated carbocycles. The zero-order chi connectivity index (χ0) is 7.72. The van der Waals surface area contributed by atoms with Crippen LogP contribution >= 0.6 is 0 Å². The minimum absolute atomic E-state index is 1.37. The van der Waals surface area contributed by atoms with Crippen LogP contribution < -0.4 is 0 Å². The molecule has 0 radical (unpaired) electrons. The topological polar surface area (TPSA) is 99.4 Å². The van der Waals surface area contributed by atoms with E-state index in [0.717, 1.165) is 0 Å². The van der Waals surface area contributed by atoms with Gasteiger partial charge in [-0.15, -0.1) is 0 Å². The number of hydrogen-bond donors (Lipinski definition) is 4. The predicted octanol–water partition coefficient (Wildman–Crippen LogP) is -2.69. The van der Waals surface area contributed by atoms with Gasteiger partial charge in [0.2, 0.25) is 25.2 Å². The quantitative estimate of drug-likeness (QED) is 0.305. The van der Waals surface area contributed by atoms with Crippen molar-refractivity contribution in [1.29, 1.82) is 0 Å². The molecule has 1 aliphatic heterocycles. The average Bonchev–Trinajstić information content (AvgIpc) is 2.13. The molecule has 4 N–H and O–H groups in total. The summed E-state index contributed by atoms with van der Waals surface area (Å²) in [6, 6.07) is 0. The van der Waals surface area contributed by atoms with E-state index >= 15 is 0 Å². The first-order valence-corrected chi connectivity index (χ1v) is 2.64. The molecule has 6 nitrogen and oxygen atoms in total. The summed E-state index contributed by atoms with van der Waals surface area (Å²) in [4.78, 5) is 0. The van der Waals surface area contributed by atoms with Crippen molar-refractivity contribution < 1.29 is 29.9 Å². The molecule has 1 fully saturated rings. The third kappa shape index (κ3) is 1.43. The van der Waals surface area contributed by atoms with Crippen molar-refractivity contribution >= 4 is 0 Å². The lowest BCUT2D eigenvalue weighted by Crippen LogP contribution is -2.26. The lowest BCUT2D eigenvalue weighted by Gasteiger charge is -2.09. The van der Waals surface area contributed by atoms with Crippen LogP contribution in [0.3, 0.4) is 0 Å². The van der Waals surface area contributed by atoms with E-state index in [4.69, 9.17) is 20.4 Å². The number of ether oxygens (including phenoxy) is 2. The van der Waals surface area contributed by atoms with Crippen molar-refractivity contribution in [1.82, 2.24) is 0 Å². The number of aliphatic hydroxyl groups excluding tert-OH is 3. The molecule has 2 unspecified atom stereocenters. The lowest BCUT2D eigenvalue weighted by atomic mass is 10.6. The monoisotopic (exact) mass is 152 g/mol. The SMILES string of the molecule is OC(O)C1OC(O)C(O)O1. The third-order valence-corrected chi connectivity index (χ3v) is 1.03. The highest BCUT2D eigenvalue weighted by molar-refractivity contribution is 4.59. The highest BCUT2D eigenvalue weighted by atomic mass is 16.8. The van der Waals surface area contributed by atoms with Crippen molar-refractivity contribution in [3.05, 3.63) is 0 Å². The van der Waals surface area contributed by atoms with E-state index in [9.17, 15) is 0 Å². The predicted molar refractivity (Wildman–Crippen MR) is 26.2 cm³/mol.